The summed E-state index contributed by atoms with van der Waals surface area (Å²) < 4.78 is 13.4. The molecular weight excluding hydrogens is 261 g/mol. The van der Waals surface area contributed by atoms with Crippen LogP contribution in [-0.4, -0.2) is 5.91 Å². The standard InChI is InChI=1S/C11H11BrFNO/c12-9-6-8(13)4-5-10(9)14-11(15)7-2-1-3-7/h4-7H,1-3H2,(H,14,15). The van der Waals surface area contributed by atoms with Crippen LogP contribution in [0.2, 0.25) is 0 Å². The molecule has 1 amide bonds. The first-order chi connectivity index (χ1) is 7.16. The molecule has 0 saturated heterocycles. The van der Waals surface area contributed by atoms with Crippen molar-refractivity contribution in [3.63, 3.8) is 0 Å². The van der Waals surface area contributed by atoms with Gasteiger partial charge in [0.2, 0.25) is 5.91 Å². The fourth-order valence-corrected chi connectivity index (χ4v) is 1.95. The molecule has 15 heavy (non-hydrogen) atoms. The zero-order chi connectivity index (χ0) is 10.8. The Bertz CT molecular complexity index is 390. The second-order valence-electron chi connectivity index (χ2n) is 3.74. The molecule has 0 radical (unpaired) electrons. The van der Waals surface area contributed by atoms with Crippen molar-refractivity contribution in [2.24, 2.45) is 5.92 Å². The number of anilines is 1. The lowest BCUT2D eigenvalue weighted by Gasteiger charge is -2.24. The van der Waals surface area contributed by atoms with Gasteiger partial charge in [-0.15, -0.1) is 0 Å². The van der Waals surface area contributed by atoms with Crippen molar-refractivity contribution in [3.8, 4) is 0 Å². The third-order valence-corrected chi connectivity index (χ3v) is 3.32. The topological polar surface area (TPSA) is 29.1 Å². The zero-order valence-electron chi connectivity index (χ0n) is 8.09. The number of halogens is 2. The Balaban J connectivity index is 2.06. The van der Waals surface area contributed by atoms with E-state index in [0.29, 0.717) is 10.2 Å². The number of hydrogen-bond donors (Lipinski definition) is 1. The lowest BCUT2D eigenvalue weighted by Crippen LogP contribution is -2.28. The molecule has 1 aromatic carbocycles. The number of hydrogen-bond acceptors (Lipinski definition) is 1. The smallest absolute Gasteiger partial charge is 0.227 e. The Kier molecular flexibility index (Phi) is 3.05. The van der Waals surface area contributed by atoms with E-state index in [2.05, 4.69) is 21.2 Å². The van der Waals surface area contributed by atoms with Crippen LogP contribution < -0.4 is 5.32 Å². The van der Waals surface area contributed by atoms with Crippen LogP contribution in [-0.2, 0) is 4.79 Å². The van der Waals surface area contributed by atoms with E-state index in [-0.39, 0.29) is 17.6 Å². The van der Waals surface area contributed by atoms with Crippen LogP contribution in [0.3, 0.4) is 0 Å². The van der Waals surface area contributed by atoms with Crippen molar-refractivity contribution in [1.29, 1.82) is 0 Å². The van der Waals surface area contributed by atoms with Gasteiger partial charge in [-0.05, 0) is 47.0 Å². The van der Waals surface area contributed by atoms with Crippen molar-refractivity contribution in [2.45, 2.75) is 19.3 Å². The lowest BCUT2D eigenvalue weighted by atomic mass is 9.85. The molecule has 1 aliphatic carbocycles. The van der Waals surface area contributed by atoms with Crippen molar-refractivity contribution in [3.05, 3.63) is 28.5 Å². The van der Waals surface area contributed by atoms with Crippen LogP contribution in [0.1, 0.15) is 19.3 Å². The van der Waals surface area contributed by atoms with Crippen molar-refractivity contribution >= 4 is 27.5 Å². The van der Waals surface area contributed by atoms with Gasteiger partial charge in [0.1, 0.15) is 5.82 Å². The summed E-state index contributed by atoms with van der Waals surface area (Å²) in [4.78, 5) is 11.6. The fraction of sp³-hybridized carbons (Fsp3) is 0.364. The predicted molar refractivity (Wildman–Crippen MR) is 60.1 cm³/mol. The first kappa shape index (κ1) is 10.6. The molecule has 0 bridgehead atoms. The first-order valence-electron chi connectivity index (χ1n) is 4.93. The minimum absolute atomic E-state index is 0.0357. The molecule has 0 atom stereocenters. The van der Waals surface area contributed by atoms with Crippen LogP contribution in [0.15, 0.2) is 22.7 Å². The quantitative estimate of drug-likeness (QED) is 0.879. The minimum Gasteiger partial charge on any atom is -0.325 e. The second kappa shape index (κ2) is 4.31. The maximum atomic E-state index is 12.8. The summed E-state index contributed by atoms with van der Waals surface area (Å²) in [6, 6.07) is 4.24. The molecular formula is C11H11BrFNO. The van der Waals surface area contributed by atoms with Crippen molar-refractivity contribution in [1.82, 2.24) is 0 Å². The number of rotatable bonds is 2. The molecule has 2 nitrogen and oxygen atoms in total. The van der Waals surface area contributed by atoms with Gasteiger partial charge in [-0.25, -0.2) is 4.39 Å². The van der Waals surface area contributed by atoms with Gasteiger partial charge in [0.05, 0.1) is 5.69 Å². The SMILES string of the molecule is O=C(Nc1ccc(F)cc1Br)C1CCC1. The Hall–Kier alpha value is -0.900. The molecule has 0 aromatic heterocycles. The van der Waals surface area contributed by atoms with E-state index in [1.807, 2.05) is 0 Å². The van der Waals surface area contributed by atoms with E-state index in [0.717, 1.165) is 19.3 Å². The van der Waals surface area contributed by atoms with E-state index < -0.39 is 0 Å². The Morgan fingerprint density at radius 1 is 1.47 bits per heavy atom. The summed E-state index contributed by atoms with van der Waals surface area (Å²) in [6.07, 6.45) is 3.05. The van der Waals surface area contributed by atoms with Gasteiger partial charge >= 0.3 is 0 Å². The Morgan fingerprint density at radius 3 is 2.73 bits per heavy atom. The third kappa shape index (κ3) is 2.37. The average molecular weight is 272 g/mol. The molecule has 0 aliphatic heterocycles. The van der Waals surface area contributed by atoms with Gasteiger partial charge in [-0.2, -0.15) is 0 Å². The van der Waals surface area contributed by atoms with Gasteiger partial charge in [-0.3, -0.25) is 4.79 Å². The second-order valence-corrected chi connectivity index (χ2v) is 4.60. The Labute approximate surface area is 96.0 Å². The van der Waals surface area contributed by atoms with Gasteiger partial charge in [0.15, 0.2) is 0 Å². The zero-order valence-corrected chi connectivity index (χ0v) is 9.68. The summed E-state index contributed by atoms with van der Waals surface area (Å²) in [5, 5.41) is 2.79. The van der Waals surface area contributed by atoms with Crippen molar-refractivity contribution in [2.75, 3.05) is 5.32 Å². The maximum absolute atomic E-state index is 12.8. The average Bonchev–Trinajstić information content (AvgIpc) is 2.07. The summed E-state index contributed by atoms with van der Waals surface area (Å²) in [6.45, 7) is 0. The van der Waals surface area contributed by atoms with Crippen LogP contribution >= 0.6 is 15.9 Å². The van der Waals surface area contributed by atoms with Crippen molar-refractivity contribution < 1.29 is 9.18 Å². The van der Waals surface area contributed by atoms with Crippen LogP contribution in [0.5, 0.6) is 0 Å². The molecule has 1 aliphatic rings. The highest BCUT2D eigenvalue weighted by molar-refractivity contribution is 9.10. The summed E-state index contributed by atoms with van der Waals surface area (Å²) in [5.74, 6) is -0.140. The molecule has 0 heterocycles. The van der Waals surface area contributed by atoms with Gasteiger partial charge in [-0.1, -0.05) is 6.42 Å². The lowest BCUT2D eigenvalue weighted by molar-refractivity contribution is -0.122. The molecule has 1 N–H and O–H groups in total. The van der Waals surface area contributed by atoms with Crippen LogP contribution in [0, 0.1) is 11.7 Å². The number of carbonyl (C=O) groups excluding carboxylic acids is 1. The van der Waals surface area contributed by atoms with Crippen LogP contribution in [0.4, 0.5) is 10.1 Å². The maximum Gasteiger partial charge on any atom is 0.227 e. The fourth-order valence-electron chi connectivity index (χ4n) is 1.50. The van der Waals surface area contributed by atoms with Gasteiger partial charge < -0.3 is 5.32 Å². The monoisotopic (exact) mass is 271 g/mol. The molecule has 4 heteroatoms. The predicted octanol–water partition coefficient (Wildman–Crippen LogP) is 3.33. The highest BCUT2D eigenvalue weighted by Crippen LogP contribution is 2.29. The first-order valence-corrected chi connectivity index (χ1v) is 5.72. The molecule has 1 fully saturated rings. The third-order valence-electron chi connectivity index (χ3n) is 2.66. The van der Waals surface area contributed by atoms with E-state index in [1.54, 1.807) is 6.07 Å². The Morgan fingerprint density at radius 2 is 2.20 bits per heavy atom. The number of carbonyl (C=O) groups is 1. The molecule has 80 valence electrons. The van der Waals surface area contributed by atoms with Gasteiger partial charge in [0.25, 0.3) is 0 Å². The number of nitrogens with one attached hydrogen (secondary N) is 1. The highest BCUT2D eigenvalue weighted by atomic mass is 79.9. The van der Waals surface area contributed by atoms with E-state index in [4.69, 9.17) is 0 Å². The molecule has 1 aromatic rings. The molecule has 2 rings (SSSR count). The van der Waals surface area contributed by atoms with E-state index in [1.165, 1.54) is 12.1 Å². The molecule has 0 spiro atoms. The molecule has 1 saturated carbocycles. The highest BCUT2D eigenvalue weighted by Gasteiger charge is 2.25. The summed E-state index contributed by atoms with van der Waals surface area (Å²) >= 11 is 3.21. The number of amides is 1. The van der Waals surface area contributed by atoms with E-state index in [9.17, 15) is 9.18 Å². The van der Waals surface area contributed by atoms with Crippen LogP contribution in [0.25, 0.3) is 0 Å². The number of benzene rings is 1. The van der Waals surface area contributed by atoms with Gasteiger partial charge in [0, 0.05) is 10.4 Å². The summed E-state index contributed by atoms with van der Waals surface area (Å²) in [5.41, 5.74) is 0.633. The normalized spacial score (nSPS) is 15.9. The van der Waals surface area contributed by atoms with E-state index >= 15 is 0 Å². The largest absolute Gasteiger partial charge is 0.325 e. The molecule has 0 unspecified atom stereocenters. The minimum atomic E-state index is -0.316. The summed E-state index contributed by atoms with van der Waals surface area (Å²) in [7, 11) is 0.